The highest BCUT2D eigenvalue weighted by Gasteiger charge is 2.20. The minimum Gasteiger partial charge on any atom is -0.495 e. The molecule has 0 saturated heterocycles. The van der Waals surface area contributed by atoms with E-state index in [1.54, 1.807) is 19.5 Å². The lowest BCUT2D eigenvalue weighted by molar-refractivity contribution is -0.113. The molecule has 1 amide bonds. The number of carbonyl (C=O) groups excluding carboxylic acids is 1. The van der Waals surface area contributed by atoms with Crippen molar-refractivity contribution in [2.45, 2.75) is 12.1 Å². The van der Waals surface area contributed by atoms with Crippen LogP contribution in [0.15, 0.2) is 84.3 Å². The smallest absolute Gasteiger partial charge is 0.234 e. The van der Waals surface area contributed by atoms with Gasteiger partial charge in [0.05, 0.1) is 29.8 Å². The van der Waals surface area contributed by atoms with Crippen molar-refractivity contribution in [2.75, 3.05) is 18.2 Å². The van der Waals surface area contributed by atoms with Crippen molar-refractivity contribution in [3.05, 3.63) is 84.8 Å². The summed E-state index contributed by atoms with van der Waals surface area (Å²) in [5.74, 6) is 1.31. The van der Waals surface area contributed by atoms with Gasteiger partial charge in [-0.3, -0.25) is 19.3 Å². The van der Waals surface area contributed by atoms with E-state index in [1.807, 2.05) is 78.2 Å². The number of carbonyl (C=O) groups is 1. The third kappa shape index (κ3) is 4.71. The fourth-order valence-corrected chi connectivity index (χ4v) is 4.56. The minimum absolute atomic E-state index is 0.147. The fraction of sp³-hybridized carbons (Fsp3) is 0.115. The predicted octanol–water partition coefficient (Wildman–Crippen LogP) is 4.93. The van der Waals surface area contributed by atoms with E-state index in [1.165, 1.54) is 11.8 Å². The van der Waals surface area contributed by atoms with Crippen molar-refractivity contribution in [3.63, 3.8) is 0 Å². The number of thioether (sulfide) groups is 1. The molecule has 174 valence electrons. The van der Waals surface area contributed by atoms with Gasteiger partial charge in [0.15, 0.2) is 11.0 Å². The number of aryl methyl sites for hydroxylation is 1. The van der Waals surface area contributed by atoms with Gasteiger partial charge in [-0.05, 0) is 43.3 Å². The van der Waals surface area contributed by atoms with Crippen LogP contribution in [0.4, 0.5) is 5.69 Å². The molecule has 5 aromatic rings. The topological polar surface area (TPSA) is 94.8 Å². The maximum Gasteiger partial charge on any atom is 0.234 e. The van der Waals surface area contributed by atoms with Crippen LogP contribution in [0.2, 0.25) is 0 Å². The number of methoxy groups -OCH3 is 1. The van der Waals surface area contributed by atoms with Crippen molar-refractivity contribution in [3.8, 4) is 22.8 Å². The first-order valence-corrected chi connectivity index (χ1v) is 11.9. The van der Waals surface area contributed by atoms with Crippen LogP contribution in [0.1, 0.15) is 5.69 Å². The van der Waals surface area contributed by atoms with Gasteiger partial charge in [0.2, 0.25) is 5.91 Å². The molecule has 9 heteroatoms. The standard InChI is InChI=1S/C26H22N6O2S/c1-17-15-21(19-7-3-4-8-20(19)28-17)29-24(33)16-35-26-31-30-25(18-11-13-27-14-12-18)32(26)22-9-5-6-10-23(22)34-2/h3-15H,16H2,1-2H3,(H,28,29,33). The van der Waals surface area contributed by atoms with Gasteiger partial charge in [-0.2, -0.15) is 0 Å². The molecule has 0 bridgehead atoms. The molecule has 5 rings (SSSR count). The monoisotopic (exact) mass is 482 g/mol. The van der Waals surface area contributed by atoms with E-state index < -0.39 is 0 Å². The zero-order chi connectivity index (χ0) is 24.2. The zero-order valence-corrected chi connectivity index (χ0v) is 20.0. The summed E-state index contributed by atoms with van der Waals surface area (Å²) in [6, 6.07) is 21.0. The number of para-hydroxylation sites is 3. The van der Waals surface area contributed by atoms with E-state index in [0.717, 1.165) is 33.5 Å². The lowest BCUT2D eigenvalue weighted by atomic mass is 10.1. The molecule has 0 radical (unpaired) electrons. The number of nitrogens with one attached hydrogen (secondary N) is 1. The summed E-state index contributed by atoms with van der Waals surface area (Å²) in [4.78, 5) is 21.6. The molecule has 0 aliphatic rings. The number of pyridine rings is 2. The van der Waals surface area contributed by atoms with Gasteiger partial charge in [0.1, 0.15) is 5.75 Å². The van der Waals surface area contributed by atoms with Crippen LogP contribution in [0, 0.1) is 6.92 Å². The summed E-state index contributed by atoms with van der Waals surface area (Å²) in [5, 5.41) is 13.3. The van der Waals surface area contributed by atoms with Gasteiger partial charge in [-0.1, -0.05) is 42.1 Å². The Morgan fingerprint density at radius 3 is 2.63 bits per heavy atom. The number of aromatic nitrogens is 5. The predicted molar refractivity (Wildman–Crippen MR) is 137 cm³/mol. The Balaban J connectivity index is 1.44. The molecular formula is C26H22N6O2S. The highest BCUT2D eigenvalue weighted by molar-refractivity contribution is 7.99. The number of hydrogen-bond donors (Lipinski definition) is 1. The number of nitrogens with zero attached hydrogens (tertiary/aromatic N) is 5. The third-order valence-electron chi connectivity index (χ3n) is 5.35. The van der Waals surface area contributed by atoms with Gasteiger partial charge >= 0.3 is 0 Å². The van der Waals surface area contributed by atoms with Gasteiger partial charge in [0, 0.05) is 29.0 Å². The van der Waals surface area contributed by atoms with Crippen LogP contribution < -0.4 is 10.1 Å². The molecule has 0 aliphatic carbocycles. The van der Waals surface area contributed by atoms with Crippen molar-refractivity contribution < 1.29 is 9.53 Å². The van der Waals surface area contributed by atoms with Crippen LogP contribution in [-0.4, -0.2) is 43.5 Å². The molecule has 3 aromatic heterocycles. The van der Waals surface area contributed by atoms with Crippen molar-refractivity contribution in [2.24, 2.45) is 0 Å². The Bertz CT molecular complexity index is 1500. The first-order valence-electron chi connectivity index (χ1n) is 10.9. The molecule has 0 saturated carbocycles. The average molecular weight is 483 g/mol. The second-order valence-corrected chi connectivity index (χ2v) is 8.66. The summed E-state index contributed by atoms with van der Waals surface area (Å²) in [5.41, 5.74) is 4.05. The van der Waals surface area contributed by atoms with Crippen molar-refractivity contribution in [1.29, 1.82) is 0 Å². The highest BCUT2D eigenvalue weighted by atomic mass is 32.2. The largest absolute Gasteiger partial charge is 0.495 e. The lowest BCUT2D eigenvalue weighted by Crippen LogP contribution is -2.15. The van der Waals surface area contributed by atoms with Crippen LogP contribution in [0.3, 0.4) is 0 Å². The second kappa shape index (κ2) is 9.94. The maximum absolute atomic E-state index is 12.9. The van der Waals surface area contributed by atoms with E-state index in [4.69, 9.17) is 4.74 Å². The minimum atomic E-state index is -0.147. The van der Waals surface area contributed by atoms with Gasteiger partial charge in [-0.25, -0.2) is 0 Å². The Morgan fingerprint density at radius 1 is 1.03 bits per heavy atom. The number of hydrogen-bond acceptors (Lipinski definition) is 7. The number of amides is 1. The Labute approximate surface area is 206 Å². The molecule has 2 aromatic carbocycles. The first-order chi connectivity index (χ1) is 17.1. The molecular weight excluding hydrogens is 460 g/mol. The van der Waals surface area contributed by atoms with E-state index >= 15 is 0 Å². The molecule has 0 fully saturated rings. The molecule has 35 heavy (non-hydrogen) atoms. The molecule has 8 nitrogen and oxygen atoms in total. The molecule has 0 aliphatic heterocycles. The van der Waals surface area contributed by atoms with E-state index in [-0.39, 0.29) is 11.7 Å². The number of benzene rings is 2. The second-order valence-electron chi connectivity index (χ2n) is 7.71. The molecule has 3 heterocycles. The normalized spacial score (nSPS) is 10.9. The summed E-state index contributed by atoms with van der Waals surface area (Å²) >= 11 is 1.30. The third-order valence-corrected chi connectivity index (χ3v) is 6.28. The average Bonchev–Trinajstić information content (AvgIpc) is 3.31. The van der Waals surface area contributed by atoms with Gasteiger partial charge in [-0.15, -0.1) is 10.2 Å². The molecule has 0 atom stereocenters. The maximum atomic E-state index is 12.9. The number of rotatable bonds is 7. The summed E-state index contributed by atoms with van der Waals surface area (Å²) < 4.78 is 7.49. The Morgan fingerprint density at radius 2 is 1.80 bits per heavy atom. The molecule has 0 spiro atoms. The summed E-state index contributed by atoms with van der Waals surface area (Å²) in [6.07, 6.45) is 3.41. The van der Waals surface area contributed by atoms with E-state index in [9.17, 15) is 4.79 Å². The van der Waals surface area contributed by atoms with Gasteiger partial charge in [0.25, 0.3) is 0 Å². The van der Waals surface area contributed by atoms with Crippen molar-refractivity contribution in [1.82, 2.24) is 24.7 Å². The van der Waals surface area contributed by atoms with Crippen LogP contribution in [0.5, 0.6) is 5.75 Å². The summed E-state index contributed by atoms with van der Waals surface area (Å²) in [6.45, 7) is 1.91. The van der Waals surface area contributed by atoms with Crippen LogP contribution in [0.25, 0.3) is 28.0 Å². The molecule has 1 N–H and O–H groups in total. The Hall–Kier alpha value is -4.24. The quantitative estimate of drug-likeness (QED) is 0.329. The van der Waals surface area contributed by atoms with E-state index in [2.05, 4.69) is 25.5 Å². The lowest BCUT2D eigenvalue weighted by Gasteiger charge is -2.14. The number of anilines is 1. The summed E-state index contributed by atoms with van der Waals surface area (Å²) in [7, 11) is 1.62. The molecule has 0 unspecified atom stereocenters. The van der Waals surface area contributed by atoms with E-state index in [0.29, 0.717) is 16.7 Å². The van der Waals surface area contributed by atoms with Gasteiger partial charge < -0.3 is 10.1 Å². The highest BCUT2D eigenvalue weighted by Crippen LogP contribution is 2.32. The van der Waals surface area contributed by atoms with Crippen LogP contribution in [-0.2, 0) is 4.79 Å². The Kier molecular flexibility index (Phi) is 6.40. The zero-order valence-electron chi connectivity index (χ0n) is 19.2. The number of ether oxygens (including phenoxy) is 1. The number of fused-ring (bicyclic) bond motifs is 1. The van der Waals surface area contributed by atoms with Crippen molar-refractivity contribution >= 4 is 34.3 Å². The first kappa shape index (κ1) is 22.5. The van der Waals surface area contributed by atoms with Crippen LogP contribution >= 0.6 is 11.8 Å². The fourth-order valence-electron chi connectivity index (χ4n) is 3.81. The SMILES string of the molecule is COc1ccccc1-n1c(SCC(=O)Nc2cc(C)nc3ccccc23)nnc1-c1ccncc1.